The predicted octanol–water partition coefficient (Wildman–Crippen LogP) is 4.08. The van der Waals surface area contributed by atoms with Crippen LogP contribution in [0.5, 0.6) is 5.75 Å². The minimum Gasteiger partial charge on any atom is -0.497 e. The fraction of sp³-hybridized carbons (Fsp3) is 0.0625. The molecule has 3 rings (SSSR count). The lowest BCUT2D eigenvalue weighted by atomic mass is 10.1. The second kappa shape index (κ2) is 6.09. The van der Waals surface area contributed by atoms with E-state index in [2.05, 4.69) is 20.4 Å². The zero-order chi connectivity index (χ0) is 15.4. The first-order valence-corrected chi connectivity index (χ1v) is 6.73. The molecule has 0 aliphatic heterocycles. The Morgan fingerprint density at radius 2 is 1.73 bits per heavy atom. The molecule has 2 aromatic carbocycles. The first-order chi connectivity index (χ1) is 10.8. The average Bonchev–Trinajstić information content (AvgIpc) is 2.95. The molecule has 0 spiro atoms. The van der Waals surface area contributed by atoms with E-state index in [0.29, 0.717) is 17.2 Å². The standard InChI is InChI=1S/C16H15N5O/c1-22-13-9-7-12(8-10-13)18-20-15-14(19-21-16(15)17)11-5-3-2-4-6-11/h2-10H,1H3,(H3,17,19,21). The molecule has 1 heterocycles. The van der Waals surface area contributed by atoms with Crippen LogP contribution in [0.2, 0.25) is 0 Å². The van der Waals surface area contributed by atoms with Gasteiger partial charge in [0.2, 0.25) is 0 Å². The van der Waals surface area contributed by atoms with Gasteiger partial charge in [0.05, 0.1) is 18.5 Å². The fourth-order valence-electron chi connectivity index (χ4n) is 2.01. The second-order valence-corrected chi connectivity index (χ2v) is 4.60. The van der Waals surface area contributed by atoms with Crippen molar-refractivity contribution < 1.29 is 4.74 Å². The van der Waals surface area contributed by atoms with E-state index in [1.54, 1.807) is 7.11 Å². The van der Waals surface area contributed by atoms with Gasteiger partial charge in [-0.2, -0.15) is 10.2 Å². The van der Waals surface area contributed by atoms with Crippen LogP contribution in [-0.2, 0) is 0 Å². The summed E-state index contributed by atoms with van der Waals surface area (Å²) in [7, 11) is 1.62. The number of nitrogens with zero attached hydrogens (tertiary/aromatic N) is 3. The van der Waals surface area contributed by atoms with Crippen LogP contribution in [0, 0.1) is 0 Å². The van der Waals surface area contributed by atoms with Crippen molar-refractivity contribution in [2.75, 3.05) is 12.8 Å². The number of nitrogens with one attached hydrogen (secondary N) is 1. The summed E-state index contributed by atoms with van der Waals surface area (Å²) in [5.41, 5.74) is 8.81. The molecule has 0 radical (unpaired) electrons. The highest BCUT2D eigenvalue weighted by Gasteiger charge is 2.11. The summed E-state index contributed by atoms with van der Waals surface area (Å²) in [5, 5.41) is 15.3. The molecule has 0 amide bonds. The number of H-pyrrole nitrogens is 1. The molecule has 0 saturated heterocycles. The van der Waals surface area contributed by atoms with Crippen molar-refractivity contribution in [1.82, 2.24) is 10.2 Å². The van der Waals surface area contributed by atoms with Crippen molar-refractivity contribution >= 4 is 17.2 Å². The Balaban J connectivity index is 1.91. The molecular formula is C16H15N5O. The molecule has 0 unspecified atom stereocenters. The van der Waals surface area contributed by atoms with E-state index in [1.807, 2.05) is 54.6 Å². The van der Waals surface area contributed by atoms with E-state index in [9.17, 15) is 0 Å². The lowest BCUT2D eigenvalue weighted by Crippen LogP contribution is -1.83. The molecule has 0 fully saturated rings. The number of anilines is 1. The van der Waals surface area contributed by atoms with Crippen molar-refractivity contribution in [1.29, 1.82) is 0 Å². The lowest BCUT2D eigenvalue weighted by Gasteiger charge is -2.00. The third-order valence-corrected chi connectivity index (χ3v) is 3.17. The smallest absolute Gasteiger partial charge is 0.173 e. The highest BCUT2D eigenvalue weighted by molar-refractivity contribution is 5.79. The molecule has 0 saturated carbocycles. The van der Waals surface area contributed by atoms with Gasteiger partial charge in [0, 0.05) is 5.56 Å². The number of methoxy groups -OCH3 is 1. The number of benzene rings is 2. The molecule has 0 bridgehead atoms. The van der Waals surface area contributed by atoms with Gasteiger partial charge >= 0.3 is 0 Å². The number of ether oxygens (including phenoxy) is 1. The van der Waals surface area contributed by atoms with Gasteiger partial charge in [-0.15, -0.1) is 5.11 Å². The number of hydrogen-bond donors (Lipinski definition) is 2. The second-order valence-electron chi connectivity index (χ2n) is 4.60. The third kappa shape index (κ3) is 2.80. The minimum atomic E-state index is 0.316. The molecule has 22 heavy (non-hydrogen) atoms. The van der Waals surface area contributed by atoms with Gasteiger partial charge in [0.1, 0.15) is 5.75 Å². The largest absolute Gasteiger partial charge is 0.497 e. The SMILES string of the molecule is COc1ccc(N=Nc2c(N)n[nH]c2-c2ccccc2)cc1. The van der Waals surface area contributed by atoms with E-state index in [0.717, 1.165) is 17.0 Å². The van der Waals surface area contributed by atoms with Crippen LogP contribution in [0.3, 0.4) is 0 Å². The Morgan fingerprint density at radius 1 is 1.00 bits per heavy atom. The topological polar surface area (TPSA) is 88.7 Å². The number of nitrogen functional groups attached to an aromatic ring is 1. The van der Waals surface area contributed by atoms with Gasteiger partial charge in [0.15, 0.2) is 11.5 Å². The number of nitrogens with two attached hydrogens (primary N) is 1. The maximum absolute atomic E-state index is 5.87. The maximum Gasteiger partial charge on any atom is 0.173 e. The van der Waals surface area contributed by atoms with Gasteiger partial charge < -0.3 is 10.5 Å². The monoisotopic (exact) mass is 293 g/mol. The van der Waals surface area contributed by atoms with Gasteiger partial charge in [0.25, 0.3) is 0 Å². The average molecular weight is 293 g/mol. The summed E-state index contributed by atoms with van der Waals surface area (Å²) in [6.45, 7) is 0. The van der Waals surface area contributed by atoms with Crippen LogP contribution in [0.1, 0.15) is 0 Å². The third-order valence-electron chi connectivity index (χ3n) is 3.17. The van der Waals surface area contributed by atoms with Crippen molar-refractivity contribution in [3.63, 3.8) is 0 Å². The number of azo groups is 1. The highest BCUT2D eigenvalue weighted by Crippen LogP contribution is 2.34. The zero-order valence-electron chi connectivity index (χ0n) is 12.0. The maximum atomic E-state index is 5.87. The molecule has 1 aromatic heterocycles. The van der Waals surface area contributed by atoms with Crippen LogP contribution in [0.15, 0.2) is 64.8 Å². The minimum absolute atomic E-state index is 0.316. The Kier molecular flexibility index (Phi) is 3.82. The first kappa shape index (κ1) is 13.8. The number of aromatic amines is 1. The van der Waals surface area contributed by atoms with Crippen molar-refractivity contribution in [3.8, 4) is 17.0 Å². The number of rotatable bonds is 4. The van der Waals surface area contributed by atoms with Crippen LogP contribution in [0.25, 0.3) is 11.3 Å². The molecule has 3 aromatic rings. The molecule has 3 N–H and O–H groups in total. The van der Waals surface area contributed by atoms with E-state index in [-0.39, 0.29) is 0 Å². The highest BCUT2D eigenvalue weighted by atomic mass is 16.5. The van der Waals surface area contributed by atoms with Crippen LogP contribution < -0.4 is 10.5 Å². The van der Waals surface area contributed by atoms with E-state index < -0.39 is 0 Å². The van der Waals surface area contributed by atoms with E-state index in [4.69, 9.17) is 10.5 Å². The summed E-state index contributed by atoms with van der Waals surface area (Å²) in [6, 6.07) is 17.0. The van der Waals surface area contributed by atoms with Crippen molar-refractivity contribution in [2.24, 2.45) is 10.2 Å². The first-order valence-electron chi connectivity index (χ1n) is 6.73. The van der Waals surface area contributed by atoms with Crippen molar-refractivity contribution in [3.05, 3.63) is 54.6 Å². The molecular weight excluding hydrogens is 278 g/mol. The lowest BCUT2D eigenvalue weighted by molar-refractivity contribution is 0.415. The van der Waals surface area contributed by atoms with Crippen LogP contribution in [-0.4, -0.2) is 17.3 Å². The molecule has 110 valence electrons. The number of hydrogen-bond acceptors (Lipinski definition) is 5. The number of aromatic nitrogens is 2. The van der Waals surface area contributed by atoms with Crippen LogP contribution >= 0.6 is 0 Å². The summed E-state index contributed by atoms with van der Waals surface area (Å²) in [6.07, 6.45) is 0. The van der Waals surface area contributed by atoms with Gasteiger partial charge in [-0.1, -0.05) is 30.3 Å². The zero-order valence-corrected chi connectivity index (χ0v) is 12.0. The predicted molar refractivity (Wildman–Crippen MR) is 85.6 cm³/mol. The molecule has 6 nitrogen and oxygen atoms in total. The Bertz CT molecular complexity index is 778. The van der Waals surface area contributed by atoms with Crippen molar-refractivity contribution in [2.45, 2.75) is 0 Å². The summed E-state index contributed by atoms with van der Waals surface area (Å²) >= 11 is 0. The van der Waals surface area contributed by atoms with Gasteiger partial charge in [-0.3, -0.25) is 5.10 Å². The molecule has 0 atom stereocenters. The van der Waals surface area contributed by atoms with Gasteiger partial charge in [-0.05, 0) is 24.3 Å². The van der Waals surface area contributed by atoms with Gasteiger partial charge in [-0.25, -0.2) is 0 Å². The Morgan fingerprint density at radius 3 is 2.41 bits per heavy atom. The molecule has 0 aliphatic carbocycles. The summed E-state index contributed by atoms with van der Waals surface area (Å²) in [5.74, 6) is 1.09. The fourth-order valence-corrected chi connectivity index (χ4v) is 2.01. The Hall–Kier alpha value is -3.15. The van der Waals surface area contributed by atoms with E-state index >= 15 is 0 Å². The van der Waals surface area contributed by atoms with Crippen LogP contribution in [0.4, 0.5) is 17.2 Å². The quantitative estimate of drug-likeness (QED) is 0.710. The Labute approximate surface area is 127 Å². The normalized spacial score (nSPS) is 11.0. The summed E-state index contributed by atoms with van der Waals surface area (Å²) < 4.78 is 5.11. The van der Waals surface area contributed by atoms with E-state index in [1.165, 1.54) is 0 Å². The summed E-state index contributed by atoms with van der Waals surface area (Å²) in [4.78, 5) is 0. The molecule has 6 heteroatoms. The molecule has 0 aliphatic rings.